The third-order valence-corrected chi connectivity index (χ3v) is 8.35. The number of benzene rings is 4. The summed E-state index contributed by atoms with van der Waals surface area (Å²) in [5, 5.41) is 0.624. The summed E-state index contributed by atoms with van der Waals surface area (Å²) in [6, 6.07) is 28.3. The zero-order valence-electron chi connectivity index (χ0n) is 22.2. The van der Waals surface area contributed by atoms with Gasteiger partial charge in [0.15, 0.2) is 5.17 Å². The van der Waals surface area contributed by atoms with Crippen LogP contribution in [-0.4, -0.2) is 11.1 Å². The van der Waals surface area contributed by atoms with Crippen LogP contribution in [0.4, 0.5) is 15.8 Å². The summed E-state index contributed by atoms with van der Waals surface area (Å²) in [7, 11) is 0. The molecule has 0 spiro atoms. The molecule has 1 saturated heterocycles. The molecule has 7 heteroatoms. The summed E-state index contributed by atoms with van der Waals surface area (Å²) >= 11 is 3.60. The molecule has 1 heterocycles. The lowest BCUT2D eigenvalue weighted by atomic mass is 10.1. The minimum absolute atomic E-state index is 0.107. The fourth-order valence-electron chi connectivity index (χ4n) is 4.19. The summed E-state index contributed by atoms with van der Waals surface area (Å²) in [6.07, 6.45) is 3.79. The quantitative estimate of drug-likeness (QED) is 0.140. The van der Waals surface area contributed by atoms with E-state index in [1.165, 1.54) is 35.0 Å². The molecule has 4 aromatic rings. The molecule has 40 heavy (non-hydrogen) atoms. The van der Waals surface area contributed by atoms with Crippen molar-refractivity contribution < 1.29 is 13.9 Å². The Morgan fingerprint density at radius 2 is 1.50 bits per heavy atom. The molecule has 5 rings (SSSR count). The van der Waals surface area contributed by atoms with Crippen LogP contribution in [0.3, 0.4) is 0 Å². The maximum absolute atomic E-state index is 13.7. The molecular formula is C33H28FIN2O2S. The van der Waals surface area contributed by atoms with Crippen LogP contribution in [0.2, 0.25) is 0 Å². The van der Waals surface area contributed by atoms with Crippen molar-refractivity contribution in [1.82, 2.24) is 0 Å². The minimum atomic E-state index is -0.269. The monoisotopic (exact) mass is 662 g/mol. The average molecular weight is 663 g/mol. The molecule has 0 unspecified atom stereocenters. The fourth-order valence-corrected chi connectivity index (χ4v) is 5.89. The highest BCUT2D eigenvalue weighted by atomic mass is 127. The number of hydrogen-bond acceptors (Lipinski definition) is 4. The number of carbonyl (C=O) groups excluding carboxylic acids is 1. The zero-order valence-corrected chi connectivity index (χ0v) is 25.2. The molecule has 0 N–H and O–H groups in total. The Hall–Kier alpha value is -3.43. The van der Waals surface area contributed by atoms with Gasteiger partial charge in [0.05, 0.1) is 19.9 Å². The van der Waals surface area contributed by atoms with E-state index >= 15 is 0 Å². The first-order chi connectivity index (χ1) is 19.4. The van der Waals surface area contributed by atoms with Crippen LogP contribution in [0.5, 0.6) is 5.75 Å². The second kappa shape index (κ2) is 12.8. The van der Waals surface area contributed by atoms with Crippen LogP contribution in [-0.2, 0) is 24.2 Å². The summed E-state index contributed by atoms with van der Waals surface area (Å²) in [5.41, 5.74) is 5.83. The van der Waals surface area contributed by atoms with Crippen LogP contribution in [0.1, 0.15) is 36.1 Å². The molecule has 202 valence electrons. The Kier molecular flexibility index (Phi) is 9.01. The predicted molar refractivity (Wildman–Crippen MR) is 172 cm³/mol. The number of halogens is 2. The molecule has 1 aliphatic rings. The van der Waals surface area contributed by atoms with Gasteiger partial charge in [-0.25, -0.2) is 9.38 Å². The van der Waals surface area contributed by atoms with Crippen LogP contribution < -0.4 is 9.64 Å². The SMILES string of the molecule is CCc1ccc(N=C2S/C(=C\c3ccc(OCc4ccc(F)cc4)c(I)c3)C(=O)N2c2ccc(CC)cc2)cc1. The summed E-state index contributed by atoms with van der Waals surface area (Å²) in [5.74, 6) is 0.354. The predicted octanol–water partition coefficient (Wildman–Crippen LogP) is 8.94. The molecule has 0 bridgehead atoms. The Morgan fingerprint density at radius 3 is 2.12 bits per heavy atom. The molecule has 0 aliphatic carbocycles. The number of hydrogen-bond donors (Lipinski definition) is 0. The Balaban J connectivity index is 1.41. The molecule has 1 amide bonds. The van der Waals surface area contributed by atoms with E-state index in [0.29, 0.717) is 16.7 Å². The first kappa shape index (κ1) is 28.1. The average Bonchev–Trinajstić information content (AvgIpc) is 3.27. The standard InChI is InChI=1S/C33H28FIN2O2S/c1-3-22-7-14-27(15-8-22)36-33-37(28-16-9-23(4-2)10-17-28)32(38)31(40-33)20-25-11-18-30(29(35)19-25)39-21-24-5-12-26(34)13-6-24/h5-20H,3-4,21H2,1-2H3/b31-20-,36-33?. The van der Waals surface area contributed by atoms with E-state index < -0.39 is 0 Å². The number of rotatable bonds is 8. The molecule has 4 aromatic carbocycles. The van der Waals surface area contributed by atoms with E-state index in [-0.39, 0.29) is 11.7 Å². The van der Waals surface area contributed by atoms with Gasteiger partial charge < -0.3 is 4.74 Å². The first-order valence-corrected chi connectivity index (χ1v) is 15.0. The normalized spacial score (nSPS) is 15.3. The van der Waals surface area contributed by atoms with E-state index in [9.17, 15) is 9.18 Å². The maximum atomic E-state index is 13.7. The number of nitrogens with zero attached hydrogens (tertiary/aromatic N) is 2. The number of aryl methyl sites for hydroxylation is 2. The number of ether oxygens (including phenoxy) is 1. The lowest BCUT2D eigenvalue weighted by Gasteiger charge is -2.16. The van der Waals surface area contributed by atoms with Gasteiger partial charge in [0.1, 0.15) is 18.2 Å². The van der Waals surface area contributed by atoms with Gasteiger partial charge in [0.25, 0.3) is 5.91 Å². The van der Waals surface area contributed by atoms with Crippen molar-refractivity contribution in [2.24, 2.45) is 4.99 Å². The zero-order chi connectivity index (χ0) is 28.1. The molecule has 1 fully saturated rings. The van der Waals surface area contributed by atoms with Crippen LogP contribution in [0.25, 0.3) is 6.08 Å². The summed E-state index contributed by atoms with van der Waals surface area (Å²) in [6.45, 7) is 4.58. The van der Waals surface area contributed by atoms with Crippen LogP contribution in [0, 0.1) is 9.39 Å². The Morgan fingerprint density at radius 1 is 0.875 bits per heavy atom. The van der Waals surface area contributed by atoms with E-state index in [0.717, 1.165) is 44.7 Å². The van der Waals surface area contributed by atoms with Crippen LogP contribution in [0.15, 0.2) is 101 Å². The molecule has 0 aromatic heterocycles. The molecule has 1 aliphatic heterocycles. The van der Waals surface area contributed by atoms with Gasteiger partial charge in [-0.2, -0.15) is 0 Å². The molecule has 0 radical (unpaired) electrons. The summed E-state index contributed by atoms with van der Waals surface area (Å²) < 4.78 is 20.1. The fraction of sp³-hybridized carbons (Fsp3) is 0.152. The van der Waals surface area contributed by atoms with Crippen molar-refractivity contribution in [2.75, 3.05) is 4.90 Å². The Labute approximate surface area is 252 Å². The van der Waals surface area contributed by atoms with Crippen molar-refractivity contribution >= 4 is 62.9 Å². The van der Waals surface area contributed by atoms with E-state index in [1.807, 2.05) is 48.5 Å². The highest BCUT2D eigenvalue weighted by Crippen LogP contribution is 2.38. The van der Waals surface area contributed by atoms with Crippen molar-refractivity contribution in [3.05, 3.63) is 128 Å². The molecule has 4 nitrogen and oxygen atoms in total. The van der Waals surface area contributed by atoms with Gasteiger partial charge in [-0.05, 0) is 124 Å². The first-order valence-electron chi connectivity index (χ1n) is 13.1. The number of aliphatic imine (C=N–C) groups is 1. The second-order valence-corrected chi connectivity index (χ2v) is 11.5. The van der Waals surface area contributed by atoms with Gasteiger partial charge in [-0.1, -0.05) is 56.3 Å². The van der Waals surface area contributed by atoms with Gasteiger partial charge in [0, 0.05) is 0 Å². The number of amides is 1. The highest BCUT2D eigenvalue weighted by molar-refractivity contribution is 14.1. The number of amidine groups is 1. The van der Waals surface area contributed by atoms with Crippen molar-refractivity contribution in [3.8, 4) is 5.75 Å². The van der Waals surface area contributed by atoms with Gasteiger partial charge in [-0.3, -0.25) is 9.69 Å². The van der Waals surface area contributed by atoms with E-state index in [1.54, 1.807) is 17.0 Å². The van der Waals surface area contributed by atoms with Crippen molar-refractivity contribution in [1.29, 1.82) is 0 Å². The topological polar surface area (TPSA) is 41.9 Å². The lowest BCUT2D eigenvalue weighted by Crippen LogP contribution is -2.28. The Bertz CT molecular complexity index is 1570. The maximum Gasteiger partial charge on any atom is 0.271 e. The number of thioether (sulfide) groups is 1. The number of anilines is 1. The third kappa shape index (κ3) is 6.64. The van der Waals surface area contributed by atoms with Gasteiger partial charge >= 0.3 is 0 Å². The largest absolute Gasteiger partial charge is 0.488 e. The molecule has 0 atom stereocenters. The summed E-state index contributed by atoms with van der Waals surface area (Å²) in [4.78, 5) is 20.9. The van der Waals surface area contributed by atoms with E-state index in [2.05, 4.69) is 60.7 Å². The lowest BCUT2D eigenvalue weighted by molar-refractivity contribution is -0.113. The van der Waals surface area contributed by atoms with Crippen molar-refractivity contribution in [2.45, 2.75) is 33.3 Å². The number of carbonyl (C=O) groups is 1. The van der Waals surface area contributed by atoms with Crippen molar-refractivity contribution in [3.63, 3.8) is 0 Å². The van der Waals surface area contributed by atoms with E-state index in [4.69, 9.17) is 9.73 Å². The minimum Gasteiger partial charge on any atom is -0.488 e. The van der Waals surface area contributed by atoms with Gasteiger partial charge in [-0.15, -0.1) is 0 Å². The second-order valence-electron chi connectivity index (χ2n) is 9.29. The highest BCUT2D eigenvalue weighted by Gasteiger charge is 2.34. The van der Waals surface area contributed by atoms with Crippen LogP contribution >= 0.6 is 34.4 Å². The molecular weight excluding hydrogens is 634 g/mol. The smallest absolute Gasteiger partial charge is 0.271 e. The molecule has 0 saturated carbocycles. The van der Waals surface area contributed by atoms with Gasteiger partial charge in [0.2, 0.25) is 0 Å². The third-order valence-electron chi connectivity index (χ3n) is 6.54.